The molecule has 8 nitrogen and oxygen atoms in total. The molecule has 28 heavy (non-hydrogen) atoms. The third-order valence-electron chi connectivity index (χ3n) is 4.29. The summed E-state index contributed by atoms with van der Waals surface area (Å²) in [6, 6.07) is 3.73. The van der Waals surface area contributed by atoms with E-state index in [0.29, 0.717) is 23.9 Å². The predicted octanol–water partition coefficient (Wildman–Crippen LogP) is 2.61. The molecule has 1 fully saturated rings. The van der Waals surface area contributed by atoms with Gasteiger partial charge in [0.2, 0.25) is 5.91 Å². The van der Waals surface area contributed by atoms with Gasteiger partial charge in [-0.1, -0.05) is 18.2 Å². The van der Waals surface area contributed by atoms with E-state index < -0.39 is 0 Å². The van der Waals surface area contributed by atoms with Gasteiger partial charge in [0, 0.05) is 19.2 Å². The molecule has 1 amide bonds. The van der Waals surface area contributed by atoms with E-state index in [-0.39, 0.29) is 23.7 Å². The third-order valence-corrected chi connectivity index (χ3v) is 5.20. The van der Waals surface area contributed by atoms with Gasteiger partial charge in [-0.05, 0) is 38.8 Å². The van der Waals surface area contributed by atoms with Crippen LogP contribution in [0.25, 0.3) is 5.69 Å². The van der Waals surface area contributed by atoms with Crippen LogP contribution >= 0.6 is 11.8 Å². The minimum absolute atomic E-state index is 0.138. The Morgan fingerprint density at radius 2 is 2.14 bits per heavy atom. The molecule has 1 aliphatic heterocycles. The van der Waals surface area contributed by atoms with Gasteiger partial charge >= 0.3 is 5.97 Å². The number of aromatic nitrogens is 4. The number of likely N-dealkylation sites (tertiary alicyclic amines) is 1. The lowest BCUT2D eigenvalue weighted by Crippen LogP contribution is -2.31. The van der Waals surface area contributed by atoms with Crippen molar-refractivity contribution in [1.29, 1.82) is 0 Å². The Morgan fingerprint density at radius 1 is 1.29 bits per heavy atom. The van der Waals surface area contributed by atoms with Crippen LogP contribution in [0.1, 0.15) is 45.4 Å². The van der Waals surface area contributed by atoms with Gasteiger partial charge in [0.25, 0.3) is 0 Å². The zero-order chi connectivity index (χ0) is 19.9. The average molecular weight is 404 g/mol. The number of amides is 1. The first kappa shape index (κ1) is 20.3. The van der Waals surface area contributed by atoms with Gasteiger partial charge in [0.15, 0.2) is 11.0 Å². The molecule has 0 radical (unpaired) electrons. The average Bonchev–Trinajstić information content (AvgIpc) is 2.96. The summed E-state index contributed by atoms with van der Waals surface area (Å²) in [7, 11) is 0. The fourth-order valence-electron chi connectivity index (χ4n) is 3.04. The van der Waals surface area contributed by atoms with Crippen molar-refractivity contribution in [2.24, 2.45) is 0 Å². The summed E-state index contributed by atoms with van der Waals surface area (Å²) in [6.45, 7) is 4.74. The summed E-state index contributed by atoms with van der Waals surface area (Å²) in [5.41, 5.74) is 0.796. The van der Waals surface area contributed by atoms with E-state index in [1.165, 1.54) is 11.8 Å². The normalized spacial score (nSPS) is 15.0. The molecular formula is C19H25N5O3S. The van der Waals surface area contributed by atoms with E-state index in [4.69, 9.17) is 4.74 Å². The third kappa shape index (κ3) is 5.31. The van der Waals surface area contributed by atoms with E-state index in [9.17, 15) is 9.59 Å². The Morgan fingerprint density at radius 3 is 2.89 bits per heavy atom. The topological polar surface area (TPSA) is 90.2 Å². The Labute approximate surface area is 168 Å². The highest BCUT2D eigenvalue weighted by Gasteiger charge is 2.22. The monoisotopic (exact) mass is 403 g/mol. The zero-order valence-corrected chi connectivity index (χ0v) is 17.0. The van der Waals surface area contributed by atoms with Gasteiger partial charge in [-0.25, -0.2) is 0 Å². The number of pyridine rings is 1. The van der Waals surface area contributed by atoms with Gasteiger partial charge in [0.1, 0.15) is 0 Å². The van der Waals surface area contributed by atoms with E-state index in [1.54, 1.807) is 12.4 Å². The van der Waals surface area contributed by atoms with Crippen molar-refractivity contribution in [2.75, 3.05) is 12.3 Å². The van der Waals surface area contributed by atoms with Crippen molar-refractivity contribution in [2.45, 2.75) is 57.3 Å². The predicted molar refractivity (Wildman–Crippen MR) is 105 cm³/mol. The van der Waals surface area contributed by atoms with Crippen LogP contribution in [0.2, 0.25) is 0 Å². The fraction of sp³-hybridized carbons (Fsp3) is 0.526. The number of ether oxygens (including phenoxy) is 1. The molecule has 1 aliphatic rings. The molecule has 3 heterocycles. The standard InChI is InChI=1S/C19H25N5O3S/c1-14(2)27-18(26)13-28-19-22-21-16(24(19)15-7-6-9-20-11-15)12-23-10-5-3-4-8-17(23)25/h6-7,9,11,14H,3-5,8,10,12-13H2,1-2H3. The van der Waals surface area contributed by atoms with Gasteiger partial charge in [0.05, 0.1) is 30.3 Å². The number of carbonyl (C=O) groups excluding carboxylic acids is 2. The lowest BCUT2D eigenvalue weighted by atomic mass is 10.2. The molecule has 0 aliphatic carbocycles. The summed E-state index contributed by atoms with van der Waals surface area (Å²) in [5, 5.41) is 9.14. The number of hydrogen-bond donors (Lipinski definition) is 0. The molecule has 9 heteroatoms. The second-order valence-corrected chi connectivity index (χ2v) is 7.84. The Balaban J connectivity index is 1.83. The molecule has 2 aromatic rings. The lowest BCUT2D eigenvalue weighted by molar-refractivity contribution is -0.144. The van der Waals surface area contributed by atoms with Gasteiger partial charge < -0.3 is 9.64 Å². The number of thioether (sulfide) groups is 1. The van der Waals surface area contributed by atoms with Crippen LogP contribution in [0.3, 0.4) is 0 Å². The molecule has 0 saturated carbocycles. The molecule has 0 spiro atoms. The molecule has 2 aromatic heterocycles. The quantitative estimate of drug-likeness (QED) is 0.518. The first-order valence-electron chi connectivity index (χ1n) is 9.49. The summed E-state index contributed by atoms with van der Waals surface area (Å²) >= 11 is 1.26. The van der Waals surface area contributed by atoms with E-state index >= 15 is 0 Å². The van der Waals surface area contributed by atoms with Crippen molar-refractivity contribution >= 4 is 23.6 Å². The van der Waals surface area contributed by atoms with E-state index in [2.05, 4.69) is 15.2 Å². The highest BCUT2D eigenvalue weighted by atomic mass is 32.2. The largest absolute Gasteiger partial charge is 0.462 e. The van der Waals surface area contributed by atoms with Crippen LogP contribution in [0.4, 0.5) is 0 Å². The molecule has 0 unspecified atom stereocenters. The number of rotatable bonds is 7. The van der Waals surface area contributed by atoms with Gasteiger partial charge in [-0.2, -0.15) is 0 Å². The molecule has 150 valence electrons. The Bertz CT molecular complexity index is 809. The molecule has 0 N–H and O–H groups in total. The molecule has 1 saturated heterocycles. The van der Waals surface area contributed by atoms with Crippen molar-refractivity contribution in [3.8, 4) is 5.69 Å². The number of esters is 1. The number of nitrogens with zero attached hydrogens (tertiary/aromatic N) is 5. The van der Waals surface area contributed by atoms with Crippen LogP contribution in [-0.4, -0.2) is 54.9 Å². The Kier molecular flexibility index (Phi) is 7.02. The summed E-state index contributed by atoms with van der Waals surface area (Å²) in [5.74, 6) is 0.639. The summed E-state index contributed by atoms with van der Waals surface area (Å²) in [4.78, 5) is 30.3. The van der Waals surface area contributed by atoms with Crippen molar-refractivity contribution in [3.63, 3.8) is 0 Å². The van der Waals surface area contributed by atoms with Crippen LogP contribution in [0.5, 0.6) is 0 Å². The summed E-state index contributed by atoms with van der Waals surface area (Å²) in [6.07, 6.45) is 6.82. The maximum atomic E-state index is 12.4. The fourth-order valence-corrected chi connectivity index (χ4v) is 3.79. The minimum Gasteiger partial charge on any atom is -0.462 e. The second kappa shape index (κ2) is 9.68. The van der Waals surface area contributed by atoms with E-state index in [0.717, 1.165) is 31.5 Å². The van der Waals surface area contributed by atoms with Gasteiger partial charge in [-0.15, -0.1) is 10.2 Å². The highest BCUT2D eigenvalue weighted by molar-refractivity contribution is 7.99. The Hall–Kier alpha value is -2.42. The number of carbonyl (C=O) groups is 2. The lowest BCUT2D eigenvalue weighted by Gasteiger charge is -2.20. The molecule has 0 atom stereocenters. The van der Waals surface area contributed by atoms with Crippen LogP contribution in [0, 0.1) is 0 Å². The van der Waals surface area contributed by atoms with E-state index in [1.807, 2.05) is 35.4 Å². The molecule has 0 aromatic carbocycles. The maximum Gasteiger partial charge on any atom is 0.316 e. The van der Waals surface area contributed by atoms with Crippen LogP contribution < -0.4 is 0 Å². The van der Waals surface area contributed by atoms with Crippen molar-refractivity contribution in [1.82, 2.24) is 24.6 Å². The summed E-state index contributed by atoms with van der Waals surface area (Å²) < 4.78 is 7.05. The van der Waals surface area contributed by atoms with Gasteiger partial charge in [-0.3, -0.25) is 19.1 Å². The van der Waals surface area contributed by atoms with Crippen LogP contribution in [0.15, 0.2) is 29.7 Å². The second-order valence-electron chi connectivity index (χ2n) is 6.90. The smallest absolute Gasteiger partial charge is 0.316 e. The number of hydrogen-bond acceptors (Lipinski definition) is 7. The van der Waals surface area contributed by atoms with Crippen LogP contribution in [-0.2, 0) is 20.9 Å². The maximum absolute atomic E-state index is 12.4. The molecule has 0 bridgehead atoms. The first-order valence-corrected chi connectivity index (χ1v) is 10.5. The van der Waals surface area contributed by atoms with Crippen molar-refractivity contribution in [3.05, 3.63) is 30.4 Å². The molecule has 3 rings (SSSR count). The first-order chi connectivity index (χ1) is 13.5. The van der Waals surface area contributed by atoms with Crippen molar-refractivity contribution < 1.29 is 14.3 Å². The SMILES string of the molecule is CC(C)OC(=O)CSc1nnc(CN2CCCCCC2=O)n1-c1cccnc1. The molecular weight excluding hydrogens is 378 g/mol. The minimum atomic E-state index is -0.301. The zero-order valence-electron chi connectivity index (χ0n) is 16.2. The highest BCUT2D eigenvalue weighted by Crippen LogP contribution is 2.23.